The Morgan fingerprint density at radius 1 is 1.30 bits per heavy atom. The molecule has 0 saturated carbocycles. The largest absolute Gasteiger partial charge is 0.459 e. The van der Waals surface area contributed by atoms with E-state index in [1.165, 1.54) is 0 Å². The van der Waals surface area contributed by atoms with E-state index in [0.29, 0.717) is 12.0 Å². The van der Waals surface area contributed by atoms with Crippen LogP contribution in [0.5, 0.6) is 0 Å². The third-order valence-electron chi connectivity index (χ3n) is 4.28. The van der Waals surface area contributed by atoms with Gasteiger partial charge in [-0.3, -0.25) is 10.2 Å². The van der Waals surface area contributed by atoms with Crippen molar-refractivity contribution in [3.8, 4) is 0 Å². The molecule has 0 spiro atoms. The summed E-state index contributed by atoms with van der Waals surface area (Å²) >= 11 is 0. The third kappa shape index (κ3) is 3.74. The van der Waals surface area contributed by atoms with Gasteiger partial charge in [-0.1, -0.05) is 32.0 Å². The molecule has 2 heterocycles. The maximum atomic E-state index is 12.4. The van der Waals surface area contributed by atoms with Crippen molar-refractivity contribution >= 4 is 16.9 Å². The van der Waals surface area contributed by atoms with Gasteiger partial charge < -0.3 is 9.73 Å². The molecule has 0 radical (unpaired) electrons. The molecular weight excluding hydrogens is 290 g/mol. The summed E-state index contributed by atoms with van der Waals surface area (Å²) in [7, 11) is 0. The second kappa shape index (κ2) is 6.72. The van der Waals surface area contributed by atoms with Gasteiger partial charge in [-0.25, -0.2) is 5.43 Å². The molecule has 1 saturated heterocycles. The molecule has 1 aliphatic heterocycles. The van der Waals surface area contributed by atoms with Crippen molar-refractivity contribution in [3.05, 3.63) is 36.1 Å². The number of amides is 1. The van der Waals surface area contributed by atoms with Crippen LogP contribution < -0.4 is 16.2 Å². The van der Waals surface area contributed by atoms with E-state index in [9.17, 15) is 4.79 Å². The molecule has 1 fully saturated rings. The first-order chi connectivity index (χ1) is 11.0. The number of carbonyl (C=O) groups is 1. The number of hydrazine groups is 1. The van der Waals surface area contributed by atoms with Crippen LogP contribution >= 0.6 is 0 Å². The normalized spacial score (nSPS) is 22.6. The van der Waals surface area contributed by atoms with E-state index in [4.69, 9.17) is 4.42 Å². The molecule has 3 N–H and O–H groups in total. The van der Waals surface area contributed by atoms with Crippen LogP contribution in [0.1, 0.15) is 45.4 Å². The lowest BCUT2D eigenvalue weighted by Crippen LogP contribution is -2.44. The van der Waals surface area contributed by atoms with Crippen LogP contribution in [0.15, 0.2) is 34.7 Å². The van der Waals surface area contributed by atoms with Crippen molar-refractivity contribution in [1.29, 1.82) is 0 Å². The lowest BCUT2D eigenvalue weighted by atomic mass is 10.00. The van der Waals surface area contributed by atoms with Gasteiger partial charge in [0.15, 0.2) is 0 Å². The van der Waals surface area contributed by atoms with Gasteiger partial charge in [-0.15, -0.1) is 0 Å². The second-order valence-corrected chi connectivity index (χ2v) is 6.82. The summed E-state index contributed by atoms with van der Waals surface area (Å²) < 4.78 is 5.82. The number of nitrogens with one attached hydrogen (secondary N) is 3. The van der Waals surface area contributed by atoms with E-state index in [-0.39, 0.29) is 18.0 Å². The molecule has 3 unspecified atom stereocenters. The maximum Gasteiger partial charge on any atom is 0.239 e. The number of benzene rings is 1. The molecule has 1 aromatic heterocycles. The number of rotatable bonds is 5. The van der Waals surface area contributed by atoms with Gasteiger partial charge in [0.25, 0.3) is 0 Å². The van der Waals surface area contributed by atoms with Crippen LogP contribution in [0, 0.1) is 5.92 Å². The zero-order chi connectivity index (χ0) is 16.4. The van der Waals surface area contributed by atoms with Crippen LogP contribution in [0.3, 0.4) is 0 Å². The van der Waals surface area contributed by atoms with Crippen LogP contribution in [0.25, 0.3) is 11.0 Å². The van der Waals surface area contributed by atoms with Crippen molar-refractivity contribution in [3.63, 3.8) is 0 Å². The van der Waals surface area contributed by atoms with Crippen LogP contribution in [-0.4, -0.2) is 18.0 Å². The average Bonchev–Trinajstić information content (AvgIpc) is 3.12. The number of fused-ring (bicyclic) bond motifs is 1. The van der Waals surface area contributed by atoms with Gasteiger partial charge in [0.05, 0.1) is 6.04 Å². The van der Waals surface area contributed by atoms with Gasteiger partial charge in [0.1, 0.15) is 17.4 Å². The van der Waals surface area contributed by atoms with Gasteiger partial charge in [0, 0.05) is 11.4 Å². The van der Waals surface area contributed by atoms with E-state index >= 15 is 0 Å². The Morgan fingerprint density at radius 2 is 2.09 bits per heavy atom. The van der Waals surface area contributed by atoms with E-state index in [1.54, 1.807) is 0 Å². The molecule has 124 valence electrons. The van der Waals surface area contributed by atoms with Gasteiger partial charge in [0.2, 0.25) is 5.91 Å². The second-order valence-electron chi connectivity index (χ2n) is 6.82. The first-order valence-electron chi connectivity index (χ1n) is 8.33. The number of carbonyl (C=O) groups excluding carboxylic acids is 1. The summed E-state index contributed by atoms with van der Waals surface area (Å²) in [6, 6.07) is 9.87. The van der Waals surface area contributed by atoms with Gasteiger partial charge >= 0.3 is 0 Å². The highest BCUT2D eigenvalue weighted by Crippen LogP contribution is 2.24. The standard InChI is InChI=1S/C18H25N3O2/c1-11(2)8-14-10-15(21-20-14)18(22)19-12(3)17-9-13-6-4-5-7-16(13)23-17/h4-7,9,11-12,14-15,20-21H,8,10H2,1-3H3,(H,19,22). The van der Waals surface area contributed by atoms with Crippen molar-refractivity contribution in [2.24, 2.45) is 5.92 Å². The zero-order valence-corrected chi connectivity index (χ0v) is 13.9. The third-order valence-corrected chi connectivity index (χ3v) is 4.28. The smallest absolute Gasteiger partial charge is 0.239 e. The number of hydrogen-bond acceptors (Lipinski definition) is 4. The summed E-state index contributed by atoms with van der Waals surface area (Å²) in [5.74, 6) is 1.41. The van der Waals surface area contributed by atoms with Gasteiger partial charge in [-0.2, -0.15) is 0 Å². The first-order valence-corrected chi connectivity index (χ1v) is 8.33. The fourth-order valence-electron chi connectivity index (χ4n) is 3.12. The molecule has 1 aromatic carbocycles. The Kier molecular flexibility index (Phi) is 4.68. The summed E-state index contributed by atoms with van der Waals surface area (Å²) in [5, 5.41) is 4.09. The highest BCUT2D eigenvalue weighted by atomic mass is 16.3. The highest BCUT2D eigenvalue weighted by molar-refractivity contribution is 5.83. The Labute approximate surface area is 136 Å². The fraction of sp³-hybridized carbons (Fsp3) is 0.500. The minimum atomic E-state index is -0.189. The topological polar surface area (TPSA) is 66.3 Å². The fourth-order valence-corrected chi connectivity index (χ4v) is 3.12. The molecule has 3 rings (SSSR count). The zero-order valence-electron chi connectivity index (χ0n) is 13.9. The molecule has 2 aromatic rings. The first kappa shape index (κ1) is 16.0. The predicted molar refractivity (Wildman–Crippen MR) is 90.7 cm³/mol. The minimum absolute atomic E-state index is 0.0108. The monoisotopic (exact) mass is 315 g/mol. The maximum absolute atomic E-state index is 12.4. The lowest BCUT2D eigenvalue weighted by molar-refractivity contribution is -0.123. The lowest BCUT2D eigenvalue weighted by Gasteiger charge is -2.15. The van der Waals surface area contributed by atoms with E-state index in [1.807, 2.05) is 37.3 Å². The van der Waals surface area contributed by atoms with Crippen molar-refractivity contribution in [2.45, 2.75) is 51.7 Å². The predicted octanol–water partition coefficient (Wildman–Crippen LogP) is 2.89. The highest BCUT2D eigenvalue weighted by Gasteiger charge is 2.30. The molecule has 0 bridgehead atoms. The van der Waals surface area contributed by atoms with Crippen LogP contribution in [-0.2, 0) is 4.79 Å². The number of hydrogen-bond donors (Lipinski definition) is 3. The molecule has 1 amide bonds. The number of para-hydroxylation sites is 1. The average molecular weight is 315 g/mol. The molecule has 0 aliphatic carbocycles. The van der Waals surface area contributed by atoms with Crippen molar-refractivity contribution < 1.29 is 9.21 Å². The Bertz CT molecular complexity index is 647. The quantitative estimate of drug-likeness (QED) is 0.794. The van der Waals surface area contributed by atoms with Crippen molar-refractivity contribution in [2.75, 3.05) is 0 Å². The summed E-state index contributed by atoms with van der Waals surface area (Å²) in [6.07, 6.45) is 1.88. The SMILES string of the molecule is CC(C)CC1CC(C(=O)NC(C)c2cc3ccccc3o2)NN1. The minimum Gasteiger partial charge on any atom is -0.459 e. The van der Waals surface area contributed by atoms with Crippen LogP contribution in [0.4, 0.5) is 0 Å². The Hall–Kier alpha value is -1.85. The molecule has 1 aliphatic rings. The van der Waals surface area contributed by atoms with E-state index < -0.39 is 0 Å². The number of furan rings is 1. The van der Waals surface area contributed by atoms with E-state index in [0.717, 1.165) is 29.6 Å². The summed E-state index contributed by atoms with van der Waals surface area (Å²) in [5.41, 5.74) is 7.17. The van der Waals surface area contributed by atoms with E-state index in [2.05, 4.69) is 30.0 Å². The molecule has 5 nitrogen and oxygen atoms in total. The molecule has 23 heavy (non-hydrogen) atoms. The Balaban J connectivity index is 1.59. The molecular formula is C18H25N3O2. The van der Waals surface area contributed by atoms with Gasteiger partial charge in [-0.05, 0) is 37.8 Å². The molecule has 3 atom stereocenters. The molecule has 5 heteroatoms. The summed E-state index contributed by atoms with van der Waals surface area (Å²) in [6.45, 7) is 6.33. The van der Waals surface area contributed by atoms with Crippen molar-refractivity contribution in [1.82, 2.24) is 16.2 Å². The van der Waals surface area contributed by atoms with Crippen LogP contribution in [0.2, 0.25) is 0 Å². The summed E-state index contributed by atoms with van der Waals surface area (Å²) in [4.78, 5) is 12.4. The Morgan fingerprint density at radius 3 is 2.83 bits per heavy atom.